The number of halogens is 1. The van der Waals surface area contributed by atoms with Crippen molar-refractivity contribution in [3.8, 4) is 0 Å². The first-order chi connectivity index (χ1) is 8.72. The summed E-state index contributed by atoms with van der Waals surface area (Å²) in [6, 6.07) is 6.88. The van der Waals surface area contributed by atoms with E-state index in [-0.39, 0.29) is 7.43 Å². The lowest BCUT2D eigenvalue weighted by molar-refractivity contribution is 0.109. The lowest BCUT2D eigenvalue weighted by atomic mass is 10.3. The number of carbonyl (C=O) groups excluding carboxylic acids is 2. The van der Waals surface area contributed by atoms with E-state index in [1.165, 1.54) is 12.8 Å². The number of hydrogen-bond donors (Lipinski definition) is 0. The smallest absolute Gasteiger partial charge is 0.185 e. The minimum Gasteiger partial charge on any atom is -0.458 e. The highest BCUT2D eigenvalue weighted by Gasteiger charge is 2.26. The Balaban J connectivity index is 0.000000185. The van der Waals surface area contributed by atoms with Crippen LogP contribution in [0.5, 0.6) is 0 Å². The van der Waals surface area contributed by atoms with E-state index in [2.05, 4.69) is 15.9 Å². The molecular weight excluding hydrogens is 312 g/mol. The van der Waals surface area contributed by atoms with E-state index >= 15 is 0 Å². The highest BCUT2D eigenvalue weighted by atomic mass is 79.9. The summed E-state index contributed by atoms with van der Waals surface area (Å²) in [6.45, 7) is 0. The van der Waals surface area contributed by atoms with E-state index < -0.39 is 0 Å². The van der Waals surface area contributed by atoms with Crippen molar-refractivity contribution in [3.63, 3.8) is 0 Å². The Kier molecular flexibility index (Phi) is 5.76. The second-order valence-corrected chi connectivity index (χ2v) is 4.67. The van der Waals surface area contributed by atoms with Gasteiger partial charge in [0, 0.05) is 5.92 Å². The summed E-state index contributed by atoms with van der Waals surface area (Å²) in [5, 5.41) is 0. The zero-order chi connectivity index (χ0) is 13.0. The molecule has 3 rings (SSSR count). The first-order valence-corrected chi connectivity index (χ1v) is 6.27. The zero-order valence-electron chi connectivity index (χ0n) is 9.47. The predicted molar refractivity (Wildman–Crippen MR) is 74.6 cm³/mol. The van der Waals surface area contributed by atoms with Gasteiger partial charge in [0.25, 0.3) is 0 Å². The van der Waals surface area contributed by atoms with Gasteiger partial charge in [0.05, 0.1) is 0 Å². The molecule has 1 aliphatic rings. The number of aldehydes is 2. The Hall–Kier alpha value is -1.62. The molecular formula is C14H15BrO4. The van der Waals surface area contributed by atoms with Crippen LogP contribution >= 0.6 is 15.9 Å². The quantitative estimate of drug-likeness (QED) is 0.781. The zero-order valence-corrected chi connectivity index (χ0v) is 11.1. The SMILES string of the molecule is C.O=Cc1ccc(Br)o1.O=Cc1ccc(C2CC2)o1. The van der Waals surface area contributed by atoms with Crippen LogP contribution in [0.2, 0.25) is 0 Å². The van der Waals surface area contributed by atoms with E-state index in [0.29, 0.717) is 28.4 Å². The van der Waals surface area contributed by atoms with Gasteiger partial charge in [-0.05, 0) is 53.0 Å². The van der Waals surface area contributed by atoms with Crippen molar-refractivity contribution < 1.29 is 18.4 Å². The summed E-state index contributed by atoms with van der Waals surface area (Å²) in [5.74, 6) is 2.37. The van der Waals surface area contributed by atoms with E-state index in [0.717, 1.165) is 12.0 Å². The van der Waals surface area contributed by atoms with Gasteiger partial charge < -0.3 is 8.83 Å². The van der Waals surface area contributed by atoms with Crippen molar-refractivity contribution in [2.75, 3.05) is 0 Å². The number of rotatable bonds is 3. The molecule has 19 heavy (non-hydrogen) atoms. The molecule has 0 bridgehead atoms. The third kappa shape index (κ3) is 4.52. The lowest BCUT2D eigenvalue weighted by Gasteiger charge is -1.85. The van der Waals surface area contributed by atoms with Crippen LogP contribution in [0.25, 0.3) is 0 Å². The highest BCUT2D eigenvalue weighted by Crippen LogP contribution is 2.40. The molecule has 0 radical (unpaired) electrons. The third-order valence-electron chi connectivity index (χ3n) is 2.45. The summed E-state index contributed by atoms with van der Waals surface area (Å²) in [5.41, 5.74) is 0. The second kappa shape index (κ2) is 7.09. The van der Waals surface area contributed by atoms with Crippen LogP contribution in [0.15, 0.2) is 37.8 Å². The van der Waals surface area contributed by atoms with Gasteiger partial charge in [0.15, 0.2) is 28.8 Å². The molecule has 0 N–H and O–H groups in total. The molecule has 0 unspecified atom stereocenters. The molecule has 102 valence electrons. The maximum atomic E-state index is 10.2. The molecule has 2 aromatic heterocycles. The first kappa shape index (κ1) is 15.4. The monoisotopic (exact) mass is 326 g/mol. The average molecular weight is 327 g/mol. The standard InChI is InChI=1S/C8H8O2.C5H3BrO2.CH4/c9-5-7-3-4-8(10-7)6-1-2-6;6-5-2-1-4(3-7)8-5;/h3-6H,1-2H2;1-3H;1H4. The Morgan fingerprint density at radius 3 is 1.95 bits per heavy atom. The largest absolute Gasteiger partial charge is 0.458 e. The van der Waals surface area contributed by atoms with E-state index in [1.54, 1.807) is 18.2 Å². The van der Waals surface area contributed by atoms with Crippen LogP contribution < -0.4 is 0 Å². The lowest BCUT2D eigenvalue weighted by Crippen LogP contribution is -1.71. The molecule has 4 nitrogen and oxygen atoms in total. The van der Waals surface area contributed by atoms with Crippen molar-refractivity contribution in [2.45, 2.75) is 26.2 Å². The second-order valence-electron chi connectivity index (χ2n) is 3.89. The minimum absolute atomic E-state index is 0. The van der Waals surface area contributed by atoms with Crippen LogP contribution in [0, 0.1) is 0 Å². The molecule has 2 heterocycles. The summed E-state index contributed by atoms with van der Waals surface area (Å²) < 4.78 is 10.6. The molecule has 1 aliphatic carbocycles. The summed E-state index contributed by atoms with van der Waals surface area (Å²) in [6.07, 6.45) is 3.83. The molecule has 2 aromatic rings. The Morgan fingerprint density at radius 2 is 1.58 bits per heavy atom. The van der Waals surface area contributed by atoms with Gasteiger partial charge in [0.1, 0.15) is 5.76 Å². The molecule has 0 aliphatic heterocycles. The molecule has 0 amide bonds. The Labute approximate surface area is 119 Å². The van der Waals surface area contributed by atoms with E-state index in [4.69, 9.17) is 8.83 Å². The van der Waals surface area contributed by atoms with Gasteiger partial charge in [-0.1, -0.05) is 7.43 Å². The van der Waals surface area contributed by atoms with Crippen molar-refractivity contribution in [2.24, 2.45) is 0 Å². The van der Waals surface area contributed by atoms with Gasteiger partial charge in [0.2, 0.25) is 0 Å². The van der Waals surface area contributed by atoms with Gasteiger partial charge in [-0.3, -0.25) is 9.59 Å². The van der Waals surface area contributed by atoms with Gasteiger partial charge in [-0.25, -0.2) is 0 Å². The predicted octanol–water partition coefficient (Wildman–Crippen LogP) is 4.46. The van der Waals surface area contributed by atoms with Crippen LogP contribution in [-0.2, 0) is 0 Å². The molecule has 0 spiro atoms. The molecule has 0 aromatic carbocycles. The van der Waals surface area contributed by atoms with Crippen molar-refractivity contribution >= 4 is 28.5 Å². The molecule has 1 fully saturated rings. The van der Waals surface area contributed by atoms with Crippen molar-refractivity contribution in [1.29, 1.82) is 0 Å². The fourth-order valence-electron chi connectivity index (χ4n) is 1.41. The van der Waals surface area contributed by atoms with E-state index in [9.17, 15) is 9.59 Å². The van der Waals surface area contributed by atoms with Crippen molar-refractivity contribution in [1.82, 2.24) is 0 Å². The maximum Gasteiger partial charge on any atom is 0.185 e. The summed E-state index contributed by atoms with van der Waals surface area (Å²) >= 11 is 3.05. The molecule has 1 saturated carbocycles. The van der Waals surface area contributed by atoms with Gasteiger partial charge in [-0.15, -0.1) is 0 Å². The van der Waals surface area contributed by atoms with Crippen molar-refractivity contribution in [3.05, 3.63) is 46.2 Å². The normalized spacial score (nSPS) is 12.9. The Morgan fingerprint density at radius 1 is 1.00 bits per heavy atom. The molecule has 0 saturated heterocycles. The van der Waals surface area contributed by atoms with Crippen LogP contribution in [0.4, 0.5) is 0 Å². The fraction of sp³-hybridized carbons (Fsp3) is 0.286. The van der Waals surface area contributed by atoms with Crippen LogP contribution in [-0.4, -0.2) is 12.6 Å². The Bertz CT molecular complexity index is 537. The van der Waals surface area contributed by atoms with Crippen LogP contribution in [0.1, 0.15) is 53.1 Å². The third-order valence-corrected chi connectivity index (χ3v) is 2.88. The number of furan rings is 2. The number of hydrogen-bond acceptors (Lipinski definition) is 4. The van der Waals surface area contributed by atoms with Gasteiger partial charge >= 0.3 is 0 Å². The molecule has 0 atom stereocenters. The molecule has 5 heteroatoms. The minimum atomic E-state index is 0. The maximum absolute atomic E-state index is 10.2. The summed E-state index contributed by atoms with van der Waals surface area (Å²) in [4.78, 5) is 20.1. The number of carbonyl (C=O) groups is 2. The fourth-order valence-corrected chi connectivity index (χ4v) is 1.73. The van der Waals surface area contributed by atoms with Crippen LogP contribution in [0.3, 0.4) is 0 Å². The average Bonchev–Trinajstić information content (AvgIpc) is 2.98. The first-order valence-electron chi connectivity index (χ1n) is 5.48. The van der Waals surface area contributed by atoms with Gasteiger partial charge in [-0.2, -0.15) is 0 Å². The summed E-state index contributed by atoms with van der Waals surface area (Å²) in [7, 11) is 0. The van der Waals surface area contributed by atoms with E-state index in [1.807, 2.05) is 6.07 Å². The topological polar surface area (TPSA) is 60.4 Å². The highest BCUT2D eigenvalue weighted by molar-refractivity contribution is 9.10.